The number of nitrogens with one attached hydrogen (secondary N) is 1. The Bertz CT molecular complexity index is 1320. The van der Waals surface area contributed by atoms with Crippen LogP contribution >= 0.6 is 0 Å². The van der Waals surface area contributed by atoms with Crippen LogP contribution in [0.4, 0.5) is 5.69 Å². The standard InChI is InChI=1S/C27H30N4O2/c1-6-33-27-23(13-14-24(32)28-21-11-7-9-17(2)15-21)19(4)25-20(5)30-31(26(25)29-27)22-12-8-10-18(3)16-22/h7-12,15-16H,6,13-14H2,1-5H3,(H,28,32). The smallest absolute Gasteiger partial charge is 0.224 e. The Balaban J connectivity index is 1.68. The number of pyridine rings is 1. The van der Waals surface area contributed by atoms with E-state index in [0.717, 1.165) is 50.4 Å². The SMILES string of the molecule is CCOc1nc2c(c(C)nn2-c2cccc(C)c2)c(C)c1CCC(=O)Nc1cccc(C)c1. The molecule has 0 aliphatic carbocycles. The molecule has 2 aromatic carbocycles. The molecule has 0 fully saturated rings. The summed E-state index contributed by atoms with van der Waals surface area (Å²) in [6.07, 6.45) is 0.879. The first-order chi connectivity index (χ1) is 15.9. The molecule has 0 radical (unpaired) electrons. The van der Waals surface area contributed by atoms with E-state index in [-0.39, 0.29) is 5.91 Å². The normalized spacial score (nSPS) is 11.1. The van der Waals surface area contributed by atoms with Crippen molar-refractivity contribution in [3.63, 3.8) is 0 Å². The number of fused-ring (bicyclic) bond motifs is 1. The molecule has 33 heavy (non-hydrogen) atoms. The van der Waals surface area contributed by atoms with E-state index < -0.39 is 0 Å². The summed E-state index contributed by atoms with van der Waals surface area (Å²) < 4.78 is 7.81. The molecular weight excluding hydrogens is 412 g/mol. The largest absolute Gasteiger partial charge is 0.478 e. The van der Waals surface area contributed by atoms with Gasteiger partial charge in [-0.05, 0) is 82.0 Å². The minimum absolute atomic E-state index is 0.0327. The number of hydrogen-bond donors (Lipinski definition) is 1. The Hall–Kier alpha value is -3.67. The van der Waals surface area contributed by atoms with Gasteiger partial charge >= 0.3 is 0 Å². The number of anilines is 1. The van der Waals surface area contributed by atoms with Crippen molar-refractivity contribution in [2.24, 2.45) is 0 Å². The molecule has 0 saturated carbocycles. The van der Waals surface area contributed by atoms with Crippen molar-refractivity contribution in [2.75, 3.05) is 11.9 Å². The summed E-state index contributed by atoms with van der Waals surface area (Å²) in [7, 11) is 0. The fourth-order valence-electron chi connectivity index (χ4n) is 4.21. The topological polar surface area (TPSA) is 69.0 Å². The molecule has 1 N–H and O–H groups in total. The molecule has 2 aromatic heterocycles. The second-order valence-electron chi connectivity index (χ2n) is 8.41. The van der Waals surface area contributed by atoms with Crippen LogP contribution in [-0.2, 0) is 11.2 Å². The highest BCUT2D eigenvalue weighted by Crippen LogP contribution is 2.32. The summed E-state index contributed by atoms with van der Waals surface area (Å²) in [5.74, 6) is 0.536. The van der Waals surface area contributed by atoms with Crippen LogP contribution in [0.2, 0.25) is 0 Å². The van der Waals surface area contributed by atoms with Gasteiger partial charge in [0.1, 0.15) is 0 Å². The van der Waals surface area contributed by atoms with Crippen LogP contribution in [-0.4, -0.2) is 27.3 Å². The van der Waals surface area contributed by atoms with Crippen LogP contribution in [0.1, 0.15) is 41.3 Å². The van der Waals surface area contributed by atoms with Crippen molar-refractivity contribution in [3.05, 3.63) is 76.5 Å². The zero-order valence-electron chi connectivity index (χ0n) is 19.9. The van der Waals surface area contributed by atoms with E-state index >= 15 is 0 Å². The van der Waals surface area contributed by atoms with E-state index in [1.807, 2.05) is 61.9 Å². The van der Waals surface area contributed by atoms with Gasteiger partial charge in [0, 0.05) is 23.1 Å². The summed E-state index contributed by atoms with van der Waals surface area (Å²) in [6, 6.07) is 16.0. The highest BCUT2D eigenvalue weighted by Gasteiger charge is 2.20. The number of hydrogen-bond acceptors (Lipinski definition) is 4. The fraction of sp³-hybridized carbons (Fsp3) is 0.296. The molecule has 4 rings (SSSR count). The van der Waals surface area contributed by atoms with Crippen molar-refractivity contribution in [3.8, 4) is 11.6 Å². The summed E-state index contributed by atoms with van der Waals surface area (Å²) in [5.41, 5.74) is 7.74. The van der Waals surface area contributed by atoms with E-state index in [4.69, 9.17) is 14.8 Å². The van der Waals surface area contributed by atoms with Gasteiger partial charge in [-0.1, -0.05) is 24.3 Å². The number of ether oxygens (including phenoxy) is 1. The highest BCUT2D eigenvalue weighted by atomic mass is 16.5. The predicted octanol–water partition coefficient (Wildman–Crippen LogP) is 5.62. The molecular formula is C27H30N4O2. The first-order valence-corrected chi connectivity index (χ1v) is 11.3. The predicted molar refractivity (Wildman–Crippen MR) is 132 cm³/mol. The monoisotopic (exact) mass is 442 g/mol. The van der Waals surface area contributed by atoms with Gasteiger partial charge in [-0.25, -0.2) is 4.68 Å². The number of carbonyl (C=O) groups excluding carboxylic acids is 1. The van der Waals surface area contributed by atoms with Crippen LogP contribution in [0, 0.1) is 27.7 Å². The third kappa shape index (κ3) is 4.75. The number of aryl methyl sites for hydroxylation is 4. The Morgan fingerprint density at radius 2 is 1.76 bits per heavy atom. The molecule has 0 aliphatic heterocycles. The number of amides is 1. The Labute approximate surface area is 194 Å². The Morgan fingerprint density at radius 3 is 2.45 bits per heavy atom. The molecule has 1 amide bonds. The van der Waals surface area contributed by atoms with Gasteiger partial charge in [0.2, 0.25) is 11.8 Å². The van der Waals surface area contributed by atoms with Gasteiger partial charge in [0.15, 0.2) is 5.65 Å². The van der Waals surface area contributed by atoms with Gasteiger partial charge < -0.3 is 10.1 Å². The number of benzene rings is 2. The molecule has 0 aliphatic rings. The molecule has 0 spiro atoms. The van der Waals surface area contributed by atoms with E-state index in [9.17, 15) is 4.79 Å². The molecule has 0 unspecified atom stereocenters. The van der Waals surface area contributed by atoms with Crippen molar-refractivity contribution >= 4 is 22.6 Å². The lowest BCUT2D eigenvalue weighted by atomic mass is 10.0. The van der Waals surface area contributed by atoms with Crippen molar-refractivity contribution in [1.29, 1.82) is 0 Å². The van der Waals surface area contributed by atoms with Crippen LogP contribution < -0.4 is 10.1 Å². The lowest BCUT2D eigenvalue weighted by molar-refractivity contribution is -0.116. The molecule has 6 heteroatoms. The number of nitrogens with zero attached hydrogens (tertiary/aromatic N) is 3. The summed E-state index contributed by atoms with van der Waals surface area (Å²) in [5, 5.41) is 8.78. The van der Waals surface area contributed by atoms with Gasteiger partial charge in [-0.15, -0.1) is 0 Å². The molecule has 0 atom stereocenters. The van der Waals surface area contributed by atoms with Crippen molar-refractivity contribution in [1.82, 2.24) is 14.8 Å². The number of rotatable bonds is 7. The second kappa shape index (κ2) is 9.45. The molecule has 0 saturated heterocycles. The fourth-order valence-corrected chi connectivity index (χ4v) is 4.21. The van der Waals surface area contributed by atoms with Crippen molar-refractivity contribution < 1.29 is 9.53 Å². The average Bonchev–Trinajstić information content (AvgIpc) is 3.10. The minimum Gasteiger partial charge on any atom is -0.478 e. The minimum atomic E-state index is -0.0327. The van der Waals surface area contributed by atoms with Gasteiger partial charge in [-0.3, -0.25) is 4.79 Å². The quantitative estimate of drug-likeness (QED) is 0.403. The van der Waals surface area contributed by atoms with Gasteiger partial charge in [0.25, 0.3) is 0 Å². The Morgan fingerprint density at radius 1 is 1.03 bits per heavy atom. The lowest BCUT2D eigenvalue weighted by Gasteiger charge is -2.14. The maximum absolute atomic E-state index is 12.6. The molecule has 6 nitrogen and oxygen atoms in total. The molecule has 170 valence electrons. The van der Waals surface area contributed by atoms with Crippen LogP contribution in [0.5, 0.6) is 5.88 Å². The first kappa shape index (κ1) is 22.5. The number of aromatic nitrogens is 3. The van der Waals surface area contributed by atoms with Crippen molar-refractivity contribution in [2.45, 2.75) is 47.5 Å². The lowest BCUT2D eigenvalue weighted by Crippen LogP contribution is -2.13. The third-order valence-corrected chi connectivity index (χ3v) is 5.76. The molecule has 0 bridgehead atoms. The van der Waals surface area contributed by atoms with E-state index in [2.05, 4.69) is 31.3 Å². The second-order valence-corrected chi connectivity index (χ2v) is 8.41. The third-order valence-electron chi connectivity index (χ3n) is 5.76. The summed E-state index contributed by atoms with van der Waals surface area (Å²) in [4.78, 5) is 17.5. The average molecular weight is 443 g/mol. The van der Waals surface area contributed by atoms with E-state index in [0.29, 0.717) is 25.3 Å². The van der Waals surface area contributed by atoms with E-state index in [1.54, 1.807) is 0 Å². The maximum Gasteiger partial charge on any atom is 0.224 e. The van der Waals surface area contributed by atoms with E-state index in [1.165, 1.54) is 0 Å². The summed E-state index contributed by atoms with van der Waals surface area (Å²) in [6.45, 7) is 10.6. The van der Waals surface area contributed by atoms with Crippen LogP contribution in [0.3, 0.4) is 0 Å². The number of carbonyl (C=O) groups is 1. The summed E-state index contributed by atoms with van der Waals surface area (Å²) >= 11 is 0. The van der Waals surface area contributed by atoms with Gasteiger partial charge in [-0.2, -0.15) is 10.1 Å². The molecule has 2 heterocycles. The van der Waals surface area contributed by atoms with Crippen LogP contribution in [0.15, 0.2) is 48.5 Å². The zero-order valence-corrected chi connectivity index (χ0v) is 19.9. The van der Waals surface area contributed by atoms with Gasteiger partial charge in [0.05, 0.1) is 18.0 Å². The highest BCUT2D eigenvalue weighted by molar-refractivity contribution is 5.91. The van der Waals surface area contributed by atoms with Crippen LogP contribution in [0.25, 0.3) is 16.7 Å². The zero-order chi connectivity index (χ0) is 23.5. The Kier molecular flexibility index (Phi) is 6.45. The molecule has 4 aromatic rings. The maximum atomic E-state index is 12.6. The first-order valence-electron chi connectivity index (χ1n) is 11.3.